The zero-order valence-electron chi connectivity index (χ0n) is 13.0. The number of aryl methyl sites for hydroxylation is 1. The molecule has 6 heteroatoms. The lowest BCUT2D eigenvalue weighted by Crippen LogP contribution is -2.22. The molecule has 23 heavy (non-hydrogen) atoms. The maximum atomic E-state index is 12.4. The topological polar surface area (TPSA) is 88.6 Å². The fraction of sp³-hybridized carbons (Fsp3) is 0.294. The Labute approximate surface area is 134 Å². The third-order valence-electron chi connectivity index (χ3n) is 4.08. The Balaban J connectivity index is 1.94. The van der Waals surface area contributed by atoms with Crippen molar-refractivity contribution in [2.45, 2.75) is 19.8 Å². The van der Waals surface area contributed by atoms with Crippen LogP contribution < -0.4 is 16.0 Å². The highest BCUT2D eigenvalue weighted by molar-refractivity contribution is 6.07. The largest absolute Gasteiger partial charge is 0.469 e. The van der Waals surface area contributed by atoms with E-state index in [4.69, 9.17) is 10.2 Å². The number of nitrogens with two attached hydrogens (primary N) is 1. The molecule has 120 valence electrons. The lowest BCUT2D eigenvalue weighted by Gasteiger charge is -2.22. The van der Waals surface area contributed by atoms with Crippen LogP contribution in [-0.2, 0) is 0 Å². The lowest BCUT2D eigenvalue weighted by molar-refractivity contribution is 0.0996. The average molecular weight is 313 g/mol. The lowest BCUT2D eigenvalue weighted by atomic mass is 10.1. The summed E-state index contributed by atoms with van der Waals surface area (Å²) >= 11 is 0. The molecule has 2 aromatic rings. The molecule has 0 saturated carbocycles. The summed E-state index contributed by atoms with van der Waals surface area (Å²) in [7, 11) is 0. The molecule has 0 atom stereocenters. The Hall–Kier alpha value is -2.76. The molecule has 0 spiro atoms. The van der Waals surface area contributed by atoms with Gasteiger partial charge in [-0.3, -0.25) is 9.59 Å². The summed E-state index contributed by atoms with van der Waals surface area (Å²) in [5, 5.41) is 2.88. The van der Waals surface area contributed by atoms with E-state index in [0.717, 1.165) is 31.6 Å². The van der Waals surface area contributed by atoms with Gasteiger partial charge in [0, 0.05) is 18.7 Å². The zero-order valence-corrected chi connectivity index (χ0v) is 13.0. The fourth-order valence-corrected chi connectivity index (χ4v) is 2.83. The predicted molar refractivity (Wildman–Crippen MR) is 87.8 cm³/mol. The van der Waals surface area contributed by atoms with Crippen molar-refractivity contribution in [1.29, 1.82) is 0 Å². The second-order valence-electron chi connectivity index (χ2n) is 5.63. The van der Waals surface area contributed by atoms with Gasteiger partial charge < -0.3 is 20.4 Å². The molecular weight excluding hydrogens is 294 g/mol. The highest BCUT2D eigenvalue weighted by atomic mass is 16.3. The number of nitrogens with zero attached hydrogens (tertiary/aromatic N) is 1. The van der Waals surface area contributed by atoms with E-state index in [9.17, 15) is 9.59 Å². The second-order valence-corrected chi connectivity index (χ2v) is 5.63. The molecule has 1 aromatic heterocycles. The Morgan fingerprint density at radius 1 is 1.22 bits per heavy atom. The van der Waals surface area contributed by atoms with E-state index < -0.39 is 5.91 Å². The predicted octanol–water partition coefficient (Wildman–Crippen LogP) is 2.54. The number of rotatable bonds is 4. The first-order valence-electron chi connectivity index (χ1n) is 7.60. The molecule has 0 aliphatic carbocycles. The van der Waals surface area contributed by atoms with Crippen molar-refractivity contribution < 1.29 is 14.0 Å². The van der Waals surface area contributed by atoms with E-state index in [1.165, 1.54) is 6.26 Å². The van der Waals surface area contributed by atoms with Crippen molar-refractivity contribution in [2.75, 3.05) is 23.3 Å². The number of amides is 2. The highest BCUT2D eigenvalue weighted by Crippen LogP contribution is 2.30. The van der Waals surface area contributed by atoms with Crippen LogP contribution in [0.3, 0.4) is 0 Å². The average Bonchev–Trinajstić information content (AvgIpc) is 3.18. The Morgan fingerprint density at radius 2 is 1.96 bits per heavy atom. The van der Waals surface area contributed by atoms with E-state index in [1.54, 1.807) is 25.1 Å². The zero-order chi connectivity index (χ0) is 16.4. The third-order valence-corrected chi connectivity index (χ3v) is 4.08. The summed E-state index contributed by atoms with van der Waals surface area (Å²) in [6.07, 6.45) is 3.71. The Morgan fingerprint density at radius 3 is 2.57 bits per heavy atom. The van der Waals surface area contributed by atoms with Gasteiger partial charge in [0.05, 0.1) is 23.2 Å². The minimum atomic E-state index is -0.520. The molecule has 2 heterocycles. The first-order chi connectivity index (χ1) is 11.1. The van der Waals surface area contributed by atoms with Crippen molar-refractivity contribution in [3.63, 3.8) is 0 Å². The second kappa shape index (κ2) is 6.16. The summed E-state index contributed by atoms with van der Waals surface area (Å²) in [5.74, 6) is -0.234. The van der Waals surface area contributed by atoms with Crippen molar-refractivity contribution in [3.8, 4) is 0 Å². The maximum Gasteiger partial charge on any atom is 0.259 e. The molecule has 0 bridgehead atoms. The summed E-state index contributed by atoms with van der Waals surface area (Å²) in [4.78, 5) is 26.1. The molecule has 0 unspecified atom stereocenters. The summed E-state index contributed by atoms with van der Waals surface area (Å²) < 4.78 is 5.17. The third kappa shape index (κ3) is 3.06. The van der Waals surface area contributed by atoms with Crippen molar-refractivity contribution >= 4 is 23.2 Å². The number of hydrogen-bond acceptors (Lipinski definition) is 4. The molecule has 1 aromatic carbocycles. The molecule has 1 fully saturated rings. The van der Waals surface area contributed by atoms with Crippen LogP contribution in [0.25, 0.3) is 0 Å². The smallest absolute Gasteiger partial charge is 0.259 e. The van der Waals surface area contributed by atoms with Crippen LogP contribution in [-0.4, -0.2) is 24.9 Å². The molecular formula is C17H19N3O3. The molecule has 1 aliphatic rings. The van der Waals surface area contributed by atoms with E-state index in [2.05, 4.69) is 10.2 Å². The number of anilines is 2. The van der Waals surface area contributed by atoms with Crippen LogP contribution in [0.15, 0.2) is 34.9 Å². The van der Waals surface area contributed by atoms with E-state index in [-0.39, 0.29) is 5.91 Å². The van der Waals surface area contributed by atoms with Crippen LogP contribution >= 0.6 is 0 Å². The first-order valence-corrected chi connectivity index (χ1v) is 7.60. The van der Waals surface area contributed by atoms with Gasteiger partial charge >= 0.3 is 0 Å². The van der Waals surface area contributed by atoms with Crippen LogP contribution in [0.2, 0.25) is 0 Å². The van der Waals surface area contributed by atoms with Gasteiger partial charge in [-0.15, -0.1) is 0 Å². The van der Waals surface area contributed by atoms with Gasteiger partial charge in [0.2, 0.25) is 5.91 Å². The van der Waals surface area contributed by atoms with Crippen molar-refractivity contribution in [1.82, 2.24) is 0 Å². The Bertz CT molecular complexity index is 745. The van der Waals surface area contributed by atoms with Gasteiger partial charge in [0.25, 0.3) is 5.91 Å². The van der Waals surface area contributed by atoms with E-state index >= 15 is 0 Å². The quantitative estimate of drug-likeness (QED) is 0.908. The van der Waals surface area contributed by atoms with Gasteiger partial charge in [-0.1, -0.05) is 0 Å². The Kier molecular flexibility index (Phi) is 4.06. The monoisotopic (exact) mass is 313 g/mol. The number of primary amides is 1. The van der Waals surface area contributed by atoms with Gasteiger partial charge in [-0.25, -0.2) is 0 Å². The van der Waals surface area contributed by atoms with E-state index in [1.807, 2.05) is 6.07 Å². The molecule has 1 saturated heterocycles. The summed E-state index contributed by atoms with van der Waals surface area (Å²) in [5.41, 5.74) is 7.69. The van der Waals surface area contributed by atoms with Gasteiger partial charge in [-0.05, 0) is 44.0 Å². The summed E-state index contributed by atoms with van der Waals surface area (Å²) in [6, 6.07) is 6.78. The summed E-state index contributed by atoms with van der Waals surface area (Å²) in [6.45, 7) is 3.60. The van der Waals surface area contributed by atoms with Crippen LogP contribution in [0, 0.1) is 6.92 Å². The van der Waals surface area contributed by atoms with Crippen LogP contribution in [0.1, 0.15) is 39.3 Å². The van der Waals surface area contributed by atoms with Gasteiger partial charge in [0.15, 0.2) is 0 Å². The minimum Gasteiger partial charge on any atom is -0.469 e. The van der Waals surface area contributed by atoms with Gasteiger partial charge in [0.1, 0.15) is 5.76 Å². The standard InChI is InChI=1S/C17H19N3O3/c1-11-13(6-9-23-11)17(22)19-14-10-12(16(18)21)4-5-15(14)20-7-2-3-8-20/h4-6,9-10H,2-3,7-8H2,1H3,(H2,18,21)(H,19,22). The molecule has 3 rings (SSSR count). The van der Waals surface area contributed by atoms with Gasteiger partial charge in [-0.2, -0.15) is 0 Å². The molecule has 1 aliphatic heterocycles. The molecule has 0 radical (unpaired) electrons. The van der Waals surface area contributed by atoms with Crippen LogP contribution in [0.4, 0.5) is 11.4 Å². The highest BCUT2D eigenvalue weighted by Gasteiger charge is 2.20. The maximum absolute atomic E-state index is 12.4. The number of furan rings is 1. The van der Waals surface area contributed by atoms with Crippen molar-refractivity contribution in [3.05, 3.63) is 47.4 Å². The minimum absolute atomic E-state index is 0.265. The van der Waals surface area contributed by atoms with E-state index in [0.29, 0.717) is 22.6 Å². The molecule has 2 amide bonds. The number of carbonyl (C=O) groups excluding carboxylic acids is 2. The van der Waals surface area contributed by atoms with Crippen LogP contribution in [0.5, 0.6) is 0 Å². The number of benzene rings is 1. The number of carbonyl (C=O) groups is 2. The first kappa shape index (κ1) is 15.1. The normalized spacial score (nSPS) is 14.0. The number of hydrogen-bond donors (Lipinski definition) is 2. The molecule has 3 N–H and O–H groups in total. The number of nitrogens with one attached hydrogen (secondary N) is 1. The SMILES string of the molecule is Cc1occc1C(=O)Nc1cc(C(N)=O)ccc1N1CCCC1. The fourth-order valence-electron chi connectivity index (χ4n) is 2.83. The van der Waals surface area contributed by atoms with Crippen molar-refractivity contribution in [2.24, 2.45) is 5.73 Å². The molecule has 6 nitrogen and oxygen atoms in total.